The van der Waals surface area contributed by atoms with Crippen molar-refractivity contribution in [2.24, 2.45) is 5.92 Å². The van der Waals surface area contributed by atoms with E-state index < -0.39 is 37.2 Å². The molecule has 2 heterocycles. The molecule has 0 aromatic heterocycles. The standard InChI is InChI=1S/C12H18N2O7/c1-20-4-13-10(18)5-2-6(5)14(12(13)19)11-9(17)8(16)7(3-15)21-11/h5-9,11,15-17H,2-4H2,1H3/t5-,6+,7-,8-,9-,11-/m1/s1. The molecule has 9 heteroatoms. The molecule has 3 fully saturated rings. The van der Waals surface area contributed by atoms with Gasteiger partial charge in [-0.25, -0.2) is 9.69 Å². The first-order valence-electron chi connectivity index (χ1n) is 6.76. The molecule has 9 nitrogen and oxygen atoms in total. The monoisotopic (exact) mass is 302 g/mol. The van der Waals surface area contributed by atoms with Gasteiger partial charge in [-0.1, -0.05) is 0 Å². The topological polar surface area (TPSA) is 120 Å². The summed E-state index contributed by atoms with van der Waals surface area (Å²) in [5, 5.41) is 28.9. The molecule has 21 heavy (non-hydrogen) atoms. The zero-order valence-corrected chi connectivity index (χ0v) is 11.5. The number of imide groups is 1. The predicted octanol–water partition coefficient (Wildman–Crippen LogP) is -2.32. The SMILES string of the molecule is COCN1C(=O)[C@@H]2C[C@@H]2N([C@@H]2O[C@H](CO)[C@@H](O)[C@H]2O)C1=O. The molecule has 118 valence electrons. The molecule has 3 N–H and O–H groups in total. The van der Waals surface area contributed by atoms with Crippen LogP contribution in [0.4, 0.5) is 4.79 Å². The second-order valence-electron chi connectivity index (χ2n) is 5.51. The third-order valence-electron chi connectivity index (χ3n) is 4.20. The number of hydrogen-bond acceptors (Lipinski definition) is 7. The summed E-state index contributed by atoms with van der Waals surface area (Å²) in [4.78, 5) is 26.6. The molecule has 3 rings (SSSR count). The molecule has 0 bridgehead atoms. The highest BCUT2D eigenvalue weighted by Crippen LogP contribution is 2.44. The van der Waals surface area contributed by atoms with Crippen LogP contribution in [0.3, 0.4) is 0 Å². The first-order valence-corrected chi connectivity index (χ1v) is 6.76. The fraction of sp³-hybridized carbons (Fsp3) is 0.833. The van der Waals surface area contributed by atoms with E-state index in [1.165, 1.54) is 12.0 Å². The molecule has 3 amide bonds. The summed E-state index contributed by atoms with van der Waals surface area (Å²) in [6, 6.07) is -0.946. The Bertz CT molecular complexity index is 459. The normalized spacial score (nSPS) is 42.5. The average Bonchev–Trinajstić information content (AvgIpc) is 3.20. The third-order valence-corrected chi connectivity index (χ3v) is 4.20. The van der Waals surface area contributed by atoms with Gasteiger partial charge in [0.15, 0.2) is 6.23 Å². The van der Waals surface area contributed by atoms with E-state index >= 15 is 0 Å². The number of methoxy groups -OCH3 is 1. The highest BCUT2D eigenvalue weighted by atomic mass is 16.6. The van der Waals surface area contributed by atoms with E-state index in [2.05, 4.69) is 0 Å². The summed E-state index contributed by atoms with van der Waals surface area (Å²) in [7, 11) is 1.37. The van der Waals surface area contributed by atoms with Gasteiger partial charge in [-0.3, -0.25) is 9.69 Å². The molecule has 0 aromatic rings. The van der Waals surface area contributed by atoms with Crippen molar-refractivity contribution in [3.05, 3.63) is 0 Å². The van der Waals surface area contributed by atoms with Gasteiger partial charge in [0.25, 0.3) is 0 Å². The minimum absolute atomic E-state index is 0.174. The maximum absolute atomic E-state index is 12.4. The Morgan fingerprint density at radius 1 is 1.33 bits per heavy atom. The van der Waals surface area contributed by atoms with Crippen LogP contribution < -0.4 is 0 Å². The second kappa shape index (κ2) is 5.18. The largest absolute Gasteiger partial charge is 0.394 e. The molecule has 0 aromatic carbocycles. The number of aliphatic hydroxyl groups excluding tert-OH is 3. The fourth-order valence-corrected chi connectivity index (χ4v) is 2.99. The highest BCUT2D eigenvalue weighted by Gasteiger charge is 2.61. The van der Waals surface area contributed by atoms with Gasteiger partial charge in [0.1, 0.15) is 25.0 Å². The Hall–Kier alpha value is -1.26. The first kappa shape index (κ1) is 14.7. The average molecular weight is 302 g/mol. The van der Waals surface area contributed by atoms with Crippen molar-refractivity contribution >= 4 is 11.9 Å². The minimum Gasteiger partial charge on any atom is -0.394 e. The van der Waals surface area contributed by atoms with E-state index in [-0.39, 0.29) is 24.6 Å². The minimum atomic E-state index is -1.33. The lowest BCUT2D eigenvalue weighted by molar-refractivity contribution is -0.142. The summed E-state index contributed by atoms with van der Waals surface area (Å²) >= 11 is 0. The van der Waals surface area contributed by atoms with Crippen LogP contribution in [0, 0.1) is 5.92 Å². The van der Waals surface area contributed by atoms with Crippen LogP contribution in [-0.2, 0) is 14.3 Å². The maximum atomic E-state index is 12.4. The molecule has 2 saturated heterocycles. The van der Waals surface area contributed by atoms with Gasteiger partial charge in [-0.05, 0) is 6.42 Å². The third kappa shape index (κ3) is 2.12. The van der Waals surface area contributed by atoms with Gasteiger partial charge in [0.2, 0.25) is 5.91 Å². The molecular weight excluding hydrogens is 284 g/mol. The number of hydrogen-bond donors (Lipinski definition) is 3. The van der Waals surface area contributed by atoms with Crippen LogP contribution >= 0.6 is 0 Å². The van der Waals surface area contributed by atoms with Crippen molar-refractivity contribution in [3.63, 3.8) is 0 Å². The summed E-state index contributed by atoms with van der Waals surface area (Å²) in [5.74, 6) is -0.617. The van der Waals surface area contributed by atoms with E-state index in [1.54, 1.807) is 0 Å². The Kier molecular flexibility index (Phi) is 3.62. The molecule has 1 aliphatic carbocycles. The summed E-state index contributed by atoms with van der Waals surface area (Å²) < 4.78 is 10.2. The lowest BCUT2D eigenvalue weighted by atomic mass is 10.1. The summed E-state index contributed by atoms with van der Waals surface area (Å²) in [6.45, 7) is -0.641. The van der Waals surface area contributed by atoms with Crippen molar-refractivity contribution < 1.29 is 34.4 Å². The molecule has 6 atom stereocenters. The lowest BCUT2D eigenvalue weighted by Gasteiger charge is -2.37. The van der Waals surface area contributed by atoms with E-state index in [0.29, 0.717) is 6.42 Å². The molecule has 0 spiro atoms. The van der Waals surface area contributed by atoms with Crippen LogP contribution in [0.25, 0.3) is 0 Å². The number of fused-ring (bicyclic) bond motifs is 1. The fourth-order valence-electron chi connectivity index (χ4n) is 2.99. The number of carbonyl (C=O) groups excluding carboxylic acids is 2. The second-order valence-corrected chi connectivity index (χ2v) is 5.51. The molecular formula is C12H18N2O7. The quantitative estimate of drug-likeness (QED) is 0.533. The van der Waals surface area contributed by atoms with E-state index in [9.17, 15) is 19.8 Å². The van der Waals surface area contributed by atoms with Crippen LogP contribution in [0.1, 0.15) is 6.42 Å². The van der Waals surface area contributed by atoms with Gasteiger partial charge in [-0.15, -0.1) is 0 Å². The maximum Gasteiger partial charge on any atom is 0.331 e. The molecule has 3 aliphatic rings. The van der Waals surface area contributed by atoms with Crippen molar-refractivity contribution in [3.8, 4) is 0 Å². The number of urea groups is 1. The lowest BCUT2D eigenvalue weighted by Crippen LogP contribution is -2.59. The van der Waals surface area contributed by atoms with E-state index in [0.717, 1.165) is 4.90 Å². The van der Waals surface area contributed by atoms with E-state index in [4.69, 9.17) is 14.6 Å². The van der Waals surface area contributed by atoms with Gasteiger partial charge in [0.05, 0.1) is 12.5 Å². The van der Waals surface area contributed by atoms with Crippen LogP contribution in [0.2, 0.25) is 0 Å². The number of nitrogens with zero attached hydrogens (tertiary/aromatic N) is 2. The Balaban J connectivity index is 1.82. The van der Waals surface area contributed by atoms with Gasteiger partial charge in [-0.2, -0.15) is 0 Å². The molecule has 0 radical (unpaired) electrons. The van der Waals surface area contributed by atoms with Crippen LogP contribution in [0.15, 0.2) is 0 Å². The number of rotatable bonds is 4. The zero-order chi connectivity index (χ0) is 15.3. The van der Waals surface area contributed by atoms with Gasteiger partial charge in [0, 0.05) is 13.2 Å². The summed E-state index contributed by atoms with van der Waals surface area (Å²) in [6.07, 6.45) is -4.14. The van der Waals surface area contributed by atoms with Gasteiger partial charge < -0.3 is 24.8 Å². The smallest absolute Gasteiger partial charge is 0.331 e. The Morgan fingerprint density at radius 3 is 2.62 bits per heavy atom. The molecule has 1 saturated carbocycles. The number of ether oxygens (including phenoxy) is 2. The van der Waals surface area contributed by atoms with Crippen LogP contribution in [0.5, 0.6) is 0 Å². The van der Waals surface area contributed by atoms with Crippen molar-refractivity contribution in [1.29, 1.82) is 0 Å². The molecule has 0 unspecified atom stereocenters. The highest BCUT2D eigenvalue weighted by molar-refractivity contribution is 6.00. The Morgan fingerprint density at radius 2 is 2.05 bits per heavy atom. The zero-order valence-electron chi connectivity index (χ0n) is 11.5. The van der Waals surface area contributed by atoms with E-state index in [1.807, 2.05) is 0 Å². The number of amides is 3. The van der Waals surface area contributed by atoms with Gasteiger partial charge >= 0.3 is 6.03 Å². The number of aliphatic hydroxyl groups is 3. The van der Waals surface area contributed by atoms with Crippen LogP contribution in [-0.4, -0.2) is 88.1 Å². The molecule has 2 aliphatic heterocycles. The first-order chi connectivity index (χ1) is 10.0. The Labute approximate surface area is 120 Å². The van der Waals surface area contributed by atoms with Crippen molar-refractivity contribution in [1.82, 2.24) is 9.80 Å². The predicted molar refractivity (Wildman–Crippen MR) is 65.6 cm³/mol. The number of carbonyl (C=O) groups is 2. The van der Waals surface area contributed by atoms with Crippen molar-refractivity contribution in [2.45, 2.75) is 37.0 Å². The summed E-state index contributed by atoms with van der Waals surface area (Å²) in [5.41, 5.74) is 0. The van der Waals surface area contributed by atoms with Crippen molar-refractivity contribution in [2.75, 3.05) is 20.4 Å².